The van der Waals surface area contributed by atoms with E-state index in [1.807, 2.05) is 12.2 Å². The van der Waals surface area contributed by atoms with Crippen LogP contribution in [0, 0.1) is 0 Å². The number of allylic oxidation sites excluding steroid dienone is 1. The SMILES string of the molecule is CCCC/C=C/CC(=O)OC. The van der Waals surface area contributed by atoms with Gasteiger partial charge in [0, 0.05) is 0 Å². The van der Waals surface area contributed by atoms with E-state index in [2.05, 4.69) is 11.7 Å². The van der Waals surface area contributed by atoms with Crippen molar-refractivity contribution in [2.75, 3.05) is 7.11 Å². The molecule has 0 bridgehead atoms. The molecule has 0 aliphatic carbocycles. The van der Waals surface area contributed by atoms with Gasteiger partial charge in [0.1, 0.15) is 0 Å². The third-order valence-electron chi connectivity index (χ3n) is 1.40. The average molecular weight is 156 g/mol. The van der Waals surface area contributed by atoms with Crippen LogP contribution in [0.25, 0.3) is 0 Å². The Labute approximate surface area is 68.2 Å². The summed E-state index contributed by atoms with van der Waals surface area (Å²) in [6.45, 7) is 2.15. The maximum Gasteiger partial charge on any atom is 0.309 e. The van der Waals surface area contributed by atoms with E-state index in [1.54, 1.807) is 0 Å². The predicted octanol–water partition coefficient (Wildman–Crippen LogP) is 2.30. The third kappa shape index (κ3) is 7.10. The van der Waals surface area contributed by atoms with Crippen molar-refractivity contribution in [2.45, 2.75) is 32.6 Å². The smallest absolute Gasteiger partial charge is 0.309 e. The van der Waals surface area contributed by atoms with Crippen LogP contribution in [-0.4, -0.2) is 13.1 Å². The molecule has 0 heterocycles. The number of rotatable bonds is 5. The van der Waals surface area contributed by atoms with E-state index in [4.69, 9.17) is 0 Å². The Hall–Kier alpha value is -0.790. The molecule has 0 aromatic carbocycles. The lowest BCUT2D eigenvalue weighted by Crippen LogP contribution is -1.96. The maximum atomic E-state index is 10.6. The Balaban J connectivity index is 3.22. The summed E-state index contributed by atoms with van der Waals surface area (Å²) in [5, 5.41) is 0. The zero-order valence-electron chi connectivity index (χ0n) is 7.30. The Morgan fingerprint density at radius 1 is 1.45 bits per heavy atom. The number of hydrogen-bond acceptors (Lipinski definition) is 2. The normalized spacial score (nSPS) is 10.4. The molecule has 0 N–H and O–H groups in total. The first-order chi connectivity index (χ1) is 5.31. The van der Waals surface area contributed by atoms with Gasteiger partial charge in [-0.05, 0) is 6.42 Å². The topological polar surface area (TPSA) is 26.3 Å². The first-order valence-electron chi connectivity index (χ1n) is 4.03. The van der Waals surface area contributed by atoms with E-state index in [9.17, 15) is 4.79 Å². The van der Waals surface area contributed by atoms with E-state index < -0.39 is 0 Å². The Kier molecular flexibility index (Phi) is 6.79. The highest BCUT2D eigenvalue weighted by molar-refractivity contribution is 5.70. The standard InChI is InChI=1S/C9H16O2/c1-3-4-5-6-7-8-9(10)11-2/h6-7H,3-5,8H2,1-2H3/b7-6+. The summed E-state index contributed by atoms with van der Waals surface area (Å²) in [7, 11) is 1.40. The first-order valence-corrected chi connectivity index (χ1v) is 4.03. The van der Waals surface area contributed by atoms with Crippen LogP contribution in [0.1, 0.15) is 32.6 Å². The minimum atomic E-state index is -0.169. The molecule has 0 spiro atoms. The molecule has 64 valence electrons. The van der Waals surface area contributed by atoms with Crippen molar-refractivity contribution in [3.05, 3.63) is 12.2 Å². The highest BCUT2D eigenvalue weighted by Gasteiger charge is 1.92. The largest absolute Gasteiger partial charge is 0.469 e. The fourth-order valence-electron chi connectivity index (χ4n) is 0.703. The second kappa shape index (κ2) is 7.32. The molecule has 0 saturated carbocycles. The molecule has 0 rings (SSSR count). The minimum Gasteiger partial charge on any atom is -0.469 e. The van der Waals surface area contributed by atoms with Crippen molar-refractivity contribution >= 4 is 5.97 Å². The molecule has 0 unspecified atom stereocenters. The number of esters is 1. The molecule has 2 heteroatoms. The number of hydrogen-bond donors (Lipinski definition) is 0. The molecule has 0 amide bonds. The second-order valence-electron chi connectivity index (χ2n) is 2.39. The second-order valence-corrected chi connectivity index (χ2v) is 2.39. The van der Waals surface area contributed by atoms with Crippen LogP contribution in [0.15, 0.2) is 12.2 Å². The molecule has 0 saturated heterocycles. The van der Waals surface area contributed by atoms with Crippen LogP contribution in [0.2, 0.25) is 0 Å². The first kappa shape index (κ1) is 10.2. The van der Waals surface area contributed by atoms with E-state index in [0.717, 1.165) is 6.42 Å². The highest BCUT2D eigenvalue weighted by atomic mass is 16.5. The highest BCUT2D eigenvalue weighted by Crippen LogP contribution is 1.96. The lowest BCUT2D eigenvalue weighted by molar-refractivity contribution is -0.139. The van der Waals surface area contributed by atoms with E-state index in [0.29, 0.717) is 6.42 Å². The van der Waals surface area contributed by atoms with Gasteiger partial charge >= 0.3 is 5.97 Å². The van der Waals surface area contributed by atoms with Crippen LogP contribution < -0.4 is 0 Å². The monoisotopic (exact) mass is 156 g/mol. The Bertz CT molecular complexity index is 128. The summed E-state index contributed by atoms with van der Waals surface area (Å²) in [5.74, 6) is -0.169. The average Bonchev–Trinajstić information content (AvgIpc) is 2.04. The number of carbonyl (C=O) groups excluding carboxylic acids is 1. The number of carbonyl (C=O) groups is 1. The maximum absolute atomic E-state index is 10.6. The summed E-state index contributed by atoms with van der Waals surface area (Å²) < 4.78 is 4.47. The van der Waals surface area contributed by atoms with Gasteiger partial charge < -0.3 is 4.74 Å². The van der Waals surface area contributed by atoms with Gasteiger partial charge in [-0.2, -0.15) is 0 Å². The summed E-state index contributed by atoms with van der Waals surface area (Å²) in [6.07, 6.45) is 7.75. The van der Waals surface area contributed by atoms with Gasteiger partial charge in [0.05, 0.1) is 13.5 Å². The molecule has 0 atom stereocenters. The van der Waals surface area contributed by atoms with Crippen molar-refractivity contribution in [1.29, 1.82) is 0 Å². The molecule has 2 nitrogen and oxygen atoms in total. The molecular weight excluding hydrogens is 140 g/mol. The summed E-state index contributed by atoms with van der Waals surface area (Å²) in [6, 6.07) is 0. The summed E-state index contributed by atoms with van der Waals surface area (Å²) >= 11 is 0. The lowest BCUT2D eigenvalue weighted by atomic mass is 10.2. The van der Waals surface area contributed by atoms with E-state index in [1.165, 1.54) is 20.0 Å². The van der Waals surface area contributed by atoms with E-state index >= 15 is 0 Å². The lowest BCUT2D eigenvalue weighted by Gasteiger charge is -1.91. The fraction of sp³-hybridized carbons (Fsp3) is 0.667. The van der Waals surface area contributed by atoms with Gasteiger partial charge in [0.2, 0.25) is 0 Å². The Morgan fingerprint density at radius 2 is 2.18 bits per heavy atom. The summed E-state index contributed by atoms with van der Waals surface area (Å²) in [5.41, 5.74) is 0. The van der Waals surface area contributed by atoms with Gasteiger partial charge in [-0.3, -0.25) is 4.79 Å². The van der Waals surface area contributed by atoms with Crippen molar-refractivity contribution in [3.63, 3.8) is 0 Å². The van der Waals surface area contributed by atoms with E-state index in [-0.39, 0.29) is 5.97 Å². The van der Waals surface area contributed by atoms with Crippen LogP contribution in [0.3, 0.4) is 0 Å². The number of methoxy groups -OCH3 is 1. The van der Waals surface area contributed by atoms with Crippen LogP contribution >= 0.6 is 0 Å². The van der Waals surface area contributed by atoms with Crippen molar-refractivity contribution in [3.8, 4) is 0 Å². The van der Waals surface area contributed by atoms with Crippen LogP contribution in [-0.2, 0) is 9.53 Å². The van der Waals surface area contributed by atoms with Crippen LogP contribution in [0.4, 0.5) is 0 Å². The minimum absolute atomic E-state index is 0.169. The zero-order chi connectivity index (χ0) is 8.53. The molecule has 0 radical (unpaired) electrons. The van der Waals surface area contributed by atoms with Crippen molar-refractivity contribution in [2.24, 2.45) is 0 Å². The van der Waals surface area contributed by atoms with Crippen molar-refractivity contribution < 1.29 is 9.53 Å². The van der Waals surface area contributed by atoms with Gasteiger partial charge in [-0.15, -0.1) is 0 Å². The molecule has 0 fully saturated rings. The molecule has 11 heavy (non-hydrogen) atoms. The number of unbranched alkanes of at least 4 members (excludes halogenated alkanes) is 2. The molecule has 0 aliphatic rings. The Morgan fingerprint density at radius 3 is 2.73 bits per heavy atom. The summed E-state index contributed by atoms with van der Waals surface area (Å²) in [4.78, 5) is 10.6. The van der Waals surface area contributed by atoms with Gasteiger partial charge in [0.15, 0.2) is 0 Å². The zero-order valence-corrected chi connectivity index (χ0v) is 7.30. The fourth-order valence-corrected chi connectivity index (χ4v) is 0.703. The number of ether oxygens (including phenoxy) is 1. The third-order valence-corrected chi connectivity index (χ3v) is 1.40. The van der Waals surface area contributed by atoms with Gasteiger partial charge in [0.25, 0.3) is 0 Å². The van der Waals surface area contributed by atoms with Crippen molar-refractivity contribution in [1.82, 2.24) is 0 Å². The van der Waals surface area contributed by atoms with Gasteiger partial charge in [-0.25, -0.2) is 0 Å². The van der Waals surface area contributed by atoms with Crippen LogP contribution in [0.5, 0.6) is 0 Å². The van der Waals surface area contributed by atoms with Gasteiger partial charge in [-0.1, -0.05) is 31.9 Å². The quantitative estimate of drug-likeness (QED) is 0.347. The molecule has 0 aromatic rings. The molecule has 0 aromatic heterocycles. The molecular formula is C9H16O2. The molecule has 0 aliphatic heterocycles. The predicted molar refractivity (Wildman–Crippen MR) is 45.3 cm³/mol.